The van der Waals surface area contributed by atoms with Crippen LogP contribution < -0.4 is 10.6 Å². The van der Waals surface area contributed by atoms with E-state index < -0.39 is 0 Å². The normalized spacial score (nSPS) is 15.5. The largest absolute Gasteiger partial charge is 0.342 e. The molecule has 0 aliphatic carbocycles. The number of thiophene rings is 1. The van der Waals surface area contributed by atoms with Crippen molar-refractivity contribution in [3.05, 3.63) is 21.3 Å². The Balaban J connectivity index is 1.82. The first-order valence-corrected chi connectivity index (χ1v) is 6.94. The highest BCUT2D eigenvalue weighted by molar-refractivity contribution is 7.12. The first kappa shape index (κ1) is 13.3. The van der Waals surface area contributed by atoms with Crippen molar-refractivity contribution in [2.24, 2.45) is 0 Å². The highest BCUT2D eigenvalue weighted by Gasteiger charge is 2.18. The molecule has 0 unspecified atom stereocenters. The molecule has 0 atom stereocenters. The molecule has 1 fully saturated rings. The molecule has 18 heavy (non-hydrogen) atoms. The third-order valence-electron chi connectivity index (χ3n) is 2.69. The molecule has 1 saturated heterocycles. The minimum Gasteiger partial charge on any atom is -0.342 e. The van der Waals surface area contributed by atoms with Gasteiger partial charge in [0.05, 0.1) is 11.6 Å². The highest BCUT2D eigenvalue weighted by atomic mass is 35.5. The van der Waals surface area contributed by atoms with E-state index in [0.29, 0.717) is 23.0 Å². The zero-order valence-electron chi connectivity index (χ0n) is 9.74. The van der Waals surface area contributed by atoms with Gasteiger partial charge in [0, 0.05) is 26.2 Å². The van der Waals surface area contributed by atoms with Crippen LogP contribution in [-0.4, -0.2) is 49.4 Å². The zero-order valence-corrected chi connectivity index (χ0v) is 11.3. The summed E-state index contributed by atoms with van der Waals surface area (Å²) in [5.74, 6) is -0.351. The fraction of sp³-hybridized carbons (Fsp3) is 0.455. The SMILES string of the molecule is O=C(NCC(=O)N1CCNCC1)c1sccc1Cl. The van der Waals surface area contributed by atoms with Crippen molar-refractivity contribution in [3.8, 4) is 0 Å². The summed E-state index contributed by atoms with van der Waals surface area (Å²) in [5.41, 5.74) is 0. The van der Waals surface area contributed by atoms with Crippen LogP contribution in [0.4, 0.5) is 0 Å². The number of hydrogen-bond donors (Lipinski definition) is 2. The Morgan fingerprint density at radius 1 is 1.44 bits per heavy atom. The monoisotopic (exact) mass is 287 g/mol. The van der Waals surface area contributed by atoms with Crippen LogP contribution in [0.5, 0.6) is 0 Å². The lowest BCUT2D eigenvalue weighted by atomic mass is 10.3. The van der Waals surface area contributed by atoms with E-state index in [1.807, 2.05) is 0 Å². The van der Waals surface area contributed by atoms with Gasteiger partial charge in [0.15, 0.2) is 0 Å². The Bertz CT molecular complexity index is 443. The van der Waals surface area contributed by atoms with Crippen LogP contribution in [0.3, 0.4) is 0 Å². The summed E-state index contributed by atoms with van der Waals surface area (Å²) in [7, 11) is 0. The van der Waals surface area contributed by atoms with Crippen molar-refractivity contribution >= 4 is 34.8 Å². The average molecular weight is 288 g/mol. The molecular formula is C11H14ClN3O2S. The molecule has 98 valence electrons. The first-order valence-electron chi connectivity index (χ1n) is 5.68. The van der Waals surface area contributed by atoms with Gasteiger partial charge in [-0.3, -0.25) is 9.59 Å². The summed E-state index contributed by atoms with van der Waals surface area (Å²) < 4.78 is 0. The number of nitrogens with zero attached hydrogens (tertiary/aromatic N) is 1. The van der Waals surface area contributed by atoms with E-state index in [1.54, 1.807) is 16.3 Å². The van der Waals surface area contributed by atoms with Gasteiger partial charge in [0.25, 0.3) is 5.91 Å². The molecule has 0 bridgehead atoms. The van der Waals surface area contributed by atoms with Crippen molar-refractivity contribution in [2.45, 2.75) is 0 Å². The average Bonchev–Trinajstić information content (AvgIpc) is 2.83. The lowest BCUT2D eigenvalue weighted by molar-refractivity contribution is -0.130. The van der Waals surface area contributed by atoms with Crippen LogP contribution in [0.2, 0.25) is 5.02 Å². The molecule has 1 aromatic heterocycles. The second kappa shape index (κ2) is 6.17. The predicted molar refractivity (Wildman–Crippen MR) is 71.1 cm³/mol. The van der Waals surface area contributed by atoms with E-state index in [0.717, 1.165) is 13.1 Å². The minimum absolute atomic E-state index is 0.0209. The summed E-state index contributed by atoms with van der Waals surface area (Å²) in [6, 6.07) is 1.67. The third-order valence-corrected chi connectivity index (χ3v) is 4.03. The molecule has 1 aliphatic rings. The molecule has 7 heteroatoms. The highest BCUT2D eigenvalue weighted by Crippen LogP contribution is 2.21. The second-order valence-corrected chi connectivity index (χ2v) is 5.23. The van der Waals surface area contributed by atoms with Crippen LogP contribution in [0.25, 0.3) is 0 Å². The molecule has 0 aromatic carbocycles. The Morgan fingerprint density at radius 3 is 2.78 bits per heavy atom. The van der Waals surface area contributed by atoms with E-state index in [1.165, 1.54) is 11.3 Å². The van der Waals surface area contributed by atoms with E-state index in [-0.39, 0.29) is 18.4 Å². The van der Waals surface area contributed by atoms with Gasteiger partial charge in [-0.05, 0) is 11.4 Å². The van der Waals surface area contributed by atoms with Crippen molar-refractivity contribution in [1.82, 2.24) is 15.5 Å². The van der Waals surface area contributed by atoms with Crippen LogP contribution in [0, 0.1) is 0 Å². The summed E-state index contributed by atoms with van der Waals surface area (Å²) in [5, 5.41) is 7.93. The van der Waals surface area contributed by atoms with E-state index in [4.69, 9.17) is 11.6 Å². The van der Waals surface area contributed by atoms with Crippen LogP contribution >= 0.6 is 22.9 Å². The van der Waals surface area contributed by atoms with Crippen molar-refractivity contribution in [3.63, 3.8) is 0 Å². The maximum absolute atomic E-state index is 11.8. The third kappa shape index (κ3) is 3.22. The van der Waals surface area contributed by atoms with Crippen LogP contribution in [-0.2, 0) is 4.79 Å². The molecule has 2 heterocycles. The lowest BCUT2D eigenvalue weighted by Gasteiger charge is -2.27. The van der Waals surface area contributed by atoms with Gasteiger partial charge >= 0.3 is 0 Å². The van der Waals surface area contributed by atoms with Crippen LogP contribution in [0.1, 0.15) is 9.67 Å². The van der Waals surface area contributed by atoms with Gasteiger partial charge in [-0.2, -0.15) is 0 Å². The Kier molecular flexibility index (Phi) is 4.57. The Morgan fingerprint density at radius 2 is 2.17 bits per heavy atom. The second-order valence-electron chi connectivity index (χ2n) is 3.91. The molecule has 5 nitrogen and oxygen atoms in total. The number of piperazine rings is 1. The molecule has 1 aliphatic heterocycles. The van der Waals surface area contributed by atoms with Gasteiger partial charge in [-0.25, -0.2) is 0 Å². The topological polar surface area (TPSA) is 61.4 Å². The number of hydrogen-bond acceptors (Lipinski definition) is 4. The van der Waals surface area contributed by atoms with Crippen LogP contribution in [0.15, 0.2) is 11.4 Å². The van der Waals surface area contributed by atoms with Gasteiger partial charge in [-0.15, -0.1) is 11.3 Å². The van der Waals surface area contributed by atoms with Gasteiger partial charge in [-0.1, -0.05) is 11.6 Å². The smallest absolute Gasteiger partial charge is 0.263 e. The number of nitrogens with one attached hydrogen (secondary N) is 2. The first-order chi connectivity index (χ1) is 8.68. The molecule has 2 rings (SSSR count). The van der Waals surface area contributed by atoms with Gasteiger partial charge in [0.2, 0.25) is 5.91 Å². The summed E-state index contributed by atoms with van der Waals surface area (Å²) in [6.45, 7) is 3.00. The number of halogens is 1. The maximum Gasteiger partial charge on any atom is 0.263 e. The molecule has 0 radical (unpaired) electrons. The molecular weight excluding hydrogens is 274 g/mol. The predicted octanol–water partition coefficient (Wildman–Crippen LogP) is 0.563. The van der Waals surface area contributed by atoms with Crippen molar-refractivity contribution < 1.29 is 9.59 Å². The number of carbonyl (C=O) groups is 2. The summed E-state index contributed by atoms with van der Waals surface area (Å²) in [6.07, 6.45) is 0. The van der Waals surface area contributed by atoms with Gasteiger partial charge < -0.3 is 15.5 Å². The van der Waals surface area contributed by atoms with E-state index >= 15 is 0 Å². The summed E-state index contributed by atoms with van der Waals surface area (Å²) >= 11 is 7.11. The van der Waals surface area contributed by atoms with Gasteiger partial charge in [0.1, 0.15) is 4.88 Å². The quantitative estimate of drug-likeness (QED) is 0.854. The minimum atomic E-state index is -0.293. The summed E-state index contributed by atoms with van der Waals surface area (Å²) in [4.78, 5) is 25.7. The lowest BCUT2D eigenvalue weighted by Crippen LogP contribution is -2.49. The number of rotatable bonds is 3. The molecule has 0 saturated carbocycles. The van der Waals surface area contributed by atoms with Crippen molar-refractivity contribution in [1.29, 1.82) is 0 Å². The fourth-order valence-corrected chi connectivity index (χ4v) is 2.78. The fourth-order valence-electron chi connectivity index (χ4n) is 1.72. The molecule has 2 N–H and O–H groups in total. The van der Waals surface area contributed by atoms with E-state index in [2.05, 4.69) is 10.6 Å². The number of amides is 2. The maximum atomic E-state index is 11.8. The molecule has 2 amide bonds. The number of carbonyl (C=O) groups excluding carboxylic acids is 2. The Labute approximate surface area is 114 Å². The Hall–Kier alpha value is -1.11. The van der Waals surface area contributed by atoms with Crippen molar-refractivity contribution in [2.75, 3.05) is 32.7 Å². The molecule has 0 spiro atoms. The zero-order chi connectivity index (χ0) is 13.0. The van der Waals surface area contributed by atoms with E-state index in [9.17, 15) is 9.59 Å². The molecule has 1 aromatic rings. The standard InChI is InChI=1S/C11H14ClN3O2S/c12-8-1-6-18-10(8)11(17)14-7-9(16)15-4-2-13-3-5-15/h1,6,13H,2-5,7H2,(H,14,17).